The van der Waals surface area contributed by atoms with E-state index in [1.807, 2.05) is 6.07 Å². The topological polar surface area (TPSA) is 88.4 Å². The number of carbonyl (C=O) groups is 2. The second-order valence-corrected chi connectivity index (χ2v) is 5.78. The molecule has 0 fully saturated rings. The quantitative estimate of drug-likeness (QED) is 0.806. The Hall–Kier alpha value is -2.05. The van der Waals surface area contributed by atoms with E-state index in [1.165, 1.54) is 4.90 Å². The summed E-state index contributed by atoms with van der Waals surface area (Å²) in [7, 11) is 1.54. The lowest BCUT2D eigenvalue weighted by Crippen LogP contribution is -2.48. The average molecular weight is 338 g/mol. The van der Waals surface area contributed by atoms with Crippen LogP contribution in [0, 0.1) is 0 Å². The number of halogens is 1. The Morgan fingerprint density at radius 2 is 2.17 bits per heavy atom. The van der Waals surface area contributed by atoms with Gasteiger partial charge in [-0.05, 0) is 24.6 Å². The zero-order chi connectivity index (χ0) is 17.0. The van der Waals surface area contributed by atoms with Gasteiger partial charge in [-0.25, -0.2) is 0 Å². The Bertz CT molecular complexity index is 714. The molecule has 0 aliphatic carbocycles. The van der Waals surface area contributed by atoms with E-state index in [1.54, 1.807) is 32.4 Å². The van der Waals surface area contributed by atoms with Gasteiger partial charge in [0.15, 0.2) is 0 Å². The molecule has 23 heavy (non-hydrogen) atoms. The maximum Gasteiger partial charge on any atom is 0.239 e. The number of hydrogen-bond donors (Lipinski definition) is 2. The van der Waals surface area contributed by atoms with Crippen LogP contribution < -0.4 is 5.73 Å². The molecular formula is C16H20ClN3O3. The third-order valence-electron chi connectivity index (χ3n) is 3.81. The van der Waals surface area contributed by atoms with Gasteiger partial charge in [0, 0.05) is 35.8 Å². The predicted octanol–water partition coefficient (Wildman–Crippen LogP) is 1.71. The number of primary amides is 1. The number of methoxy groups -OCH3 is 1. The minimum Gasteiger partial charge on any atom is -0.383 e. The Labute approximate surface area is 139 Å². The normalized spacial score (nSPS) is 12.3. The molecule has 0 radical (unpaired) electrons. The molecule has 2 amide bonds. The maximum absolute atomic E-state index is 12.6. The third-order valence-corrected chi connectivity index (χ3v) is 4.04. The standard InChI is InChI=1S/C16H20ClN3O3/c1-10(16(18)22)20(5-6-23-2)15(21)7-11-9-19-14-8-12(17)3-4-13(11)14/h3-4,8-10,19H,5-7H2,1-2H3,(H2,18,22)/t10-/m0/s1. The summed E-state index contributed by atoms with van der Waals surface area (Å²) in [4.78, 5) is 28.6. The fourth-order valence-corrected chi connectivity index (χ4v) is 2.62. The molecule has 0 aliphatic rings. The number of ether oxygens (including phenoxy) is 1. The van der Waals surface area contributed by atoms with Crippen molar-refractivity contribution in [1.29, 1.82) is 0 Å². The number of fused-ring (bicyclic) bond motifs is 1. The van der Waals surface area contributed by atoms with Gasteiger partial charge >= 0.3 is 0 Å². The van der Waals surface area contributed by atoms with Crippen molar-refractivity contribution in [3.05, 3.63) is 35.0 Å². The van der Waals surface area contributed by atoms with E-state index >= 15 is 0 Å². The van der Waals surface area contributed by atoms with Crippen molar-refractivity contribution in [1.82, 2.24) is 9.88 Å². The van der Waals surface area contributed by atoms with E-state index in [-0.39, 0.29) is 12.3 Å². The number of rotatable bonds is 7. The summed E-state index contributed by atoms with van der Waals surface area (Å²) in [6, 6.07) is 4.77. The lowest BCUT2D eigenvalue weighted by Gasteiger charge is -2.27. The van der Waals surface area contributed by atoms with Crippen LogP contribution in [0.1, 0.15) is 12.5 Å². The van der Waals surface area contributed by atoms with Gasteiger partial charge in [0.05, 0.1) is 13.0 Å². The van der Waals surface area contributed by atoms with Gasteiger partial charge in [-0.3, -0.25) is 9.59 Å². The maximum atomic E-state index is 12.6. The molecule has 2 aromatic rings. The van der Waals surface area contributed by atoms with E-state index in [0.29, 0.717) is 18.2 Å². The minimum absolute atomic E-state index is 0.170. The first kappa shape index (κ1) is 17.3. The van der Waals surface area contributed by atoms with Crippen molar-refractivity contribution in [3.63, 3.8) is 0 Å². The second kappa shape index (κ2) is 7.48. The SMILES string of the molecule is COCCN(C(=O)Cc1c[nH]c2cc(Cl)ccc12)[C@@H](C)C(N)=O. The van der Waals surface area contributed by atoms with Gasteiger partial charge in [-0.1, -0.05) is 17.7 Å². The van der Waals surface area contributed by atoms with E-state index in [0.717, 1.165) is 16.5 Å². The molecule has 3 N–H and O–H groups in total. The molecule has 0 saturated carbocycles. The zero-order valence-electron chi connectivity index (χ0n) is 13.1. The number of nitrogens with two attached hydrogens (primary N) is 1. The molecule has 1 aromatic carbocycles. The average Bonchev–Trinajstić information content (AvgIpc) is 2.89. The molecule has 1 atom stereocenters. The van der Waals surface area contributed by atoms with Crippen LogP contribution in [0.5, 0.6) is 0 Å². The van der Waals surface area contributed by atoms with E-state index < -0.39 is 11.9 Å². The molecule has 6 nitrogen and oxygen atoms in total. The smallest absolute Gasteiger partial charge is 0.239 e. The summed E-state index contributed by atoms with van der Waals surface area (Å²) >= 11 is 5.96. The summed E-state index contributed by atoms with van der Waals surface area (Å²) in [5.41, 5.74) is 7.05. The monoisotopic (exact) mass is 337 g/mol. The second-order valence-electron chi connectivity index (χ2n) is 5.34. The molecule has 124 valence electrons. The molecule has 1 heterocycles. The number of carbonyl (C=O) groups excluding carboxylic acids is 2. The Kier molecular flexibility index (Phi) is 5.63. The Balaban J connectivity index is 2.20. The van der Waals surface area contributed by atoms with Crippen LogP contribution in [0.4, 0.5) is 0 Å². The number of benzene rings is 1. The number of nitrogens with one attached hydrogen (secondary N) is 1. The molecule has 0 spiro atoms. The van der Waals surface area contributed by atoms with Crippen LogP contribution in [0.3, 0.4) is 0 Å². The van der Waals surface area contributed by atoms with Crippen molar-refractivity contribution in [2.75, 3.05) is 20.3 Å². The molecule has 1 aromatic heterocycles. The fraction of sp³-hybridized carbons (Fsp3) is 0.375. The van der Waals surface area contributed by atoms with Gasteiger partial charge in [-0.15, -0.1) is 0 Å². The Morgan fingerprint density at radius 1 is 1.43 bits per heavy atom. The largest absolute Gasteiger partial charge is 0.383 e. The molecule has 0 aliphatic heterocycles. The number of aromatic amines is 1. The molecule has 0 saturated heterocycles. The summed E-state index contributed by atoms with van der Waals surface area (Å²) in [5, 5.41) is 1.56. The van der Waals surface area contributed by atoms with E-state index in [9.17, 15) is 9.59 Å². The van der Waals surface area contributed by atoms with Gasteiger partial charge in [0.25, 0.3) is 0 Å². The number of hydrogen-bond acceptors (Lipinski definition) is 3. The van der Waals surface area contributed by atoms with Crippen molar-refractivity contribution in [3.8, 4) is 0 Å². The van der Waals surface area contributed by atoms with Crippen LogP contribution in [0.25, 0.3) is 10.9 Å². The highest BCUT2D eigenvalue weighted by molar-refractivity contribution is 6.31. The molecule has 0 bridgehead atoms. The predicted molar refractivity (Wildman–Crippen MR) is 89.3 cm³/mol. The molecule has 7 heteroatoms. The fourth-order valence-electron chi connectivity index (χ4n) is 2.45. The minimum atomic E-state index is -0.683. The first-order valence-corrected chi connectivity index (χ1v) is 7.65. The molecular weight excluding hydrogens is 318 g/mol. The van der Waals surface area contributed by atoms with Crippen molar-refractivity contribution in [2.45, 2.75) is 19.4 Å². The van der Waals surface area contributed by atoms with Gasteiger partial charge < -0.3 is 20.4 Å². The summed E-state index contributed by atoms with van der Waals surface area (Å²) in [6.45, 7) is 2.27. The summed E-state index contributed by atoms with van der Waals surface area (Å²) in [5.74, 6) is -0.718. The zero-order valence-corrected chi connectivity index (χ0v) is 13.9. The van der Waals surface area contributed by atoms with Gasteiger partial charge in [0.1, 0.15) is 6.04 Å². The van der Waals surface area contributed by atoms with Gasteiger partial charge in [0.2, 0.25) is 11.8 Å². The first-order chi connectivity index (χ1) is 10.9. The van der Waals surface area contributed by atoms with Crippen molar-refractivity contribution >= 4 is 34.3 Å². The van der Waals surface area contributed by atoms with Crippen LogP contribution in [-0.2, 0) is 20.7 Å². The highest BCUT2D eigenvalue weighted by atomic mass is 35.5. The highest BCUT2D eigenvalue weighted by Gasteiger charge is 2.24. The lowest BCUT2D eigenvalue weighted by molar-refractivity contribution is -0.138. The van der Waals surface area contributed by atoms with Crippen LogP contribution >= 0.6 is 11.6 Å². The summed E-state index contributed by atoms with van der Waals surface area (Å²) < 4.78 is 5.00. The number of amides is 2. The number of H-pyrrole nitrogens is 1. The molecule has 0 unspecified atom stereocenters. The van der Waals surface area contributed by atoms with Crippen LogP contribution in [-0.4, -0.2) is 48.0 Å². The van der Waals surface area contributed by atoms with Crippen LogP contribution in [0.2, 0.25) is 5.02 Å². The first-order valence-electron chi connectivity index (χ1n) is 7.27. The van der Waals surface area contributed by atoms with Gasteiger partial charge in [-0.2, -0.15) is 0 Å². The van der Waals surface area contributed by atoms with Crippen LogP contribution in [0.15, 0.2) is 24.4 Å². The number of aromatic nitrogens is 1. The lowest BCUT2D eigenvalue weighted by atomic mass is 10.1. The summed E-state index contributed by atoms with van der Waals surface area (Å²) in [6.07, 6.45) is 1.95. The Morgan fingerprint density at radius 3 is 2.83 bits per heavy atom. The van der Waals surface area contributed by atoms with Crippen molar-refractivity contribution in [2.24, 2.45) is 5.73 Å². The highest BCUT2D eigenvalue weighted by Crippen LogP contribution is 2.23. The number of nitrogens with zero attached hydrogens (tertiary/aromatic N) is 1. The van der Waals surface area contributed by atoms with E-state index in [4.69, 9.17) is 22.1 Å². The molecule has 2 rings (SSSR count). The van der Waals surface area contributed by atoms with E-state index in [2.05, 4.69) is 4.98 Å². The third kappa shape index (κ3) is 4.03. The van der Waals surface area contributed by atoms with Crippen molar-refractivity contribution < 1.29 is 14.3 Å².